The van der Waals surface area contributed by atoms with Gasteiger partial charge in [0.2, 0.25) is 0 Å². The Hall–Kier alpha value is -1.19. The molecule has 0 saturated carbocycles. The number of benzene rings is 1. The van der Waals surface area contributed by atoms with Gasteiger partial charge < -0.3 is 9.47 Å². The van der Waals surface area contributed by atoms with Crippen molar-refractivity contribution in [2.24, 2.45) is 5.92 Å². The van der Waals surface area contributed by atoms with Crippen LogP contribution < -0.4 is 0 Å². The van der Waals surface area contributed by atoms with Crippen LogP contribution in [0.15, 0.2) is 24.3 Å². The summed E-state index contributed by atoms with van der Waals surface area (Å²) in [6, 6.07) is 7.84. The van der Waals surface area contributed by atoms with Crippen LogP contribution in [-0.2, 0) is 9.47 Å². The Morgan fingerprint density at radius 1 is 1.25 bits per heavy atom. The van der Waals surface area contributed by atoms with Gasteiger partial charge in [-0.15, -0.1) is 0 Å². The molecule has 20 heavy (non-hydrogen) atoms. The van der Waals surface area contributed by atoms with E-state index >= 15 is 0 Å². The van der Waals surface area contributed by atoms with Crippen LogP contribution in [0.4, 0.5) is 0 Å². The minimum absolute atomic E-state index is 0.0624. The monoisotopic (exact) mass is 276 g/mol. The number of Topliss-reactive ketones (excluding diaryl/α,β-unsaturated/α-hetero) is 1. The van der Waals surface area contributed by atoms with Crippen LogP contribution in [0, 0.1) is 5.92 Å². The van der Waals surface area contributed by atoms with E-state index in [4.69, 9.17) is 9.47 Å². The highest BCUT2D eigenvalue weighted by molar-refractivity contribution is 5.97. The lowest BCUT2D eigenvalue weighted by Crippen LogP contribution is -2.21. The Kier molecular flexibility index (Phi) is 5.74. The minimum atomic E-state index is 0.0624. The molecular weight excluding hydrogens is 252 g/mol. The summed E-state index contributed by atoms with van der Waals surface area (Å²) < 4.78 is 10.9. The van der Waals surface area contributed by atoms with Crippen molar-refractivity contribution in [3.63, 3.8) is 0 Å². The molecule has 0 unspecified atom stereocenters. The summed E-state index contributed by atoms with van der Waals surface area (Å²) in [4.78, 5) is 12.0. The number of hydrogen-bond acceptors (Lipinski definition) is 3. The molecule has 1 aliphatic rings. The second kappa shape index (κ2) is 7.55. The zero-order chi connectivity index (χ0) is 14.4. The van der Waals surface area contributed by atoms with E-state index < -0.39 is 0 Å². The highest BCUT2D eigenvalue weighted by atomic mass is 16.5. The second-order valence-electron chi connectivity index (χ2n) is 5.77. The highest BCUT2D eigenvalue weighted by Gasteiger charge is 2.15. The molecular formula is C17H24O3. The summed E-state index contributed by atoms with van der Waals surface area (Å²) in [5, 5.41) is 0. The number of hydrogen-bond donors (Lipinski definition) is 0. The average Bonchev–Trinajstić information content (AvgIpc) is 2.48. The standard InChI is InChI=1S/C17H24O3/c1-13(2)15-3-5-16(6-4-15)17(18)12-20-11-14-7-9-19-10-8-14/h3-6,13-14H,7-12H2,1-2H3. The van der Waals surface area contributed by atoms with Crippen LogP contribution in [0.2, 0.25) is 0 Å². The molecule has 3 nitrogen and oxygen atoms in total. The van der Waals surface area contributed by atoms with E-state index in [9.17, 15) is 4.79 Å². The van der Waals surface area contributed by atoms with Crippen molar-refractivity contribution in [2.45, 2.75) is 32.6 Å². The molecule has 0 spiro atoms. The molecule has 0 radical (unpaired) electrons. The van der Waals surface area contributed by atoms with Gasteiger partial charge in [0.1, 0.15) is 6.61 Å². The number of ketones is 1. The molecule has 1 saturated heterocycles. The van der Waals surface area contributed by atoms with Crippen molar-refractivity contribution in [1.29, 1.82) is 0 Å². The van der Waals surface area contributed by atoms with E-state index in [1.165, 1.54) is 5.56 Å². The van der Waals surface area contributed by atoms with Crippen molar-refractivity contribution < 1.29 is 14.3 Å². The van der Waals surface area contributed by atoms with E-state index in [0.717, 1.165) is 31.6 Å². The second-order valence-corrected chi connectivity index (χ2v) is 5.77. The SMILES string of the molecule is CC(C)c1ccc(C(=O)COCC2CCOCC2)cc1. The summed E-state index contributed by atoms with van der Waals surface area (Å²) in [5.74, 6) is 1.09. The lowest BCUT2D eigenvalue weighted by molar-refractivity contribution is 0.0216. The predicted molar refractivity (Wildman–Crippen MR) is 79.2 cm³/mol. The molecule has 0 aliphatic carbocycles. The molecule has 1 aliphatic heterocycles. The first kappa shape index (κ1) is 15.2. The largest absolute Gasteiger partial charge is 0.381 e. The third-order valence-electron chi connectivity index (χ3n) is 3.83. The fraction of sp³-hybridized carbons (Fsp3) is 0.588. The lowest BCUT2D eigenvalue weighted by Gasteiger charge is -2.21. The molecule has 1 aromatic carbocycles. The fourth-order valence-electron chi connectivity index (χ4n) is 2.37. The topological polar surface area (TPSA) is 35.5 Å². The van der Waals surface area contributed by atoms with Crippen molar-refractivity contribution >= 4 is 5.78 Å². The maximum Gasteiger partial charge on any atom is 0.188 e. The number of carbonyl (C=O) groups excluding carboxylic acids is 1. The zero-order valence-corrected chi connectivity index (χ0v) is 12.4. The Labute approximate surface area is 121 Å². The summed E-state index contributed by atoms with van der Waals surface area (Å²) in [7, 11) is 0. The van der Waals surface area contributed by atoms with Gasteiger partial charge in [-0.25, -0.2) is 0 Å². The van der Waals surface area contributed by atoms with E-state index in [1.54, 1.807) is 0 Å². The van der Waals surface area contributed by atoms with Crippen LogP contribution >= 0.6 is 0 Å². The molecule has 0 N–H and O–H groups in total. The van der Waals surface area contributed by atoms with Gasteiger partial charge in [-0.05, 0) is 30.2 Å². The Morgan fingerprint density at radius 3 is 2.50 bits per heavy atom. The third kappa shape index (κ3) is 4.43. The first-order valence-corrected chi connectivity index (χ1v) is 7.45. The molecule has 1 fully saturated rings. The van der Waals surface area contributed by atoms with Crippen molar-refractivity contribution in [2.75, 3.05) is 26.4 Å². The predicted octanol–water partition coefficient (Wildman–Crippen LogP) is 3.44. The maximum atomic E-state index is 12.0. The summed E-state index contributed by atoms with van der Waals surface area (Å²) in [6.07, 6.45) is 2.08. The summed E-state index contributed by atoms with van der Waals surface area (Å²) >= 11 is 0. The molecule has 0 bridgehead atoms. The number of carbonyl (C=O) groups is 1. The quantitative estimate of drug-likeness (QED) is 0.747. The maximum absolute atomic E-state index is 12.0. The Morgan fingerprint density at radius 2 is 1.90 bits per heavy atom. The van der Waals surface area contributed by atoms with Crippen LogP contribution in [0.5, 0.6) is 0 Å². The van der Waals surface area contributed by atoms with Gasteiger partial charge in [0.05, 0.1) is 6.61 Å². The first-order chi connectivity index (χ1) is 9.66. The number of rotatable bonds is 6. The van der Waals surface area contributed by atoms with E-state index in [2.05, 4.69) is 13.8 Å². The van der Waals surface area contributed by atoms with Crippen LogP contribution in [-0.4, -0.2) is 32.2 Å². The van der Waals surface area contributed by atoms with Crippen molar-refractivity contribution in [1.82, 2.24) is 0 Å². The van der Waals surface area contributed by atoms with Crippen LogP contribution in [0.3, 0.4) is 0 Å². The first-order valence-electron chi connectivity index (χ1n) is 7.45. The molecule has 3 heteroatoms. The summed E-state index contributed by atoms with van der Waals surface area (Å²) in [6.45, 7) is 6.77. The van der Waals surface area contributed by atoms with Gasteiger partial charge in [0, 0.05) is 18.8 Å². The lowest BCUT2D eigenvalue weighted by atomic mass is 10.0. The Bertz CT molecular complexity index is 416. The van der Waals surface area contributed by atoms with E-state index in [0.29, 0.717) is 18.4 Å². The third-order valence-corrected chi connectivity index (χ3v) is 3.83. The van der Waals surface area contributed by atoms with Crippen LogP contribution in [0.25, 0.3) is 0 Å². The average molecular weight is 276 g/mol. The molecule has 0 amide bonds. The van der Waals surface area contributed by atoms with Gasteiger partial charge in [-0.1, -0.05) is 38.1 Å². The molecule has 1 heterocycles. The van der Waals surface area contributed by atoms with Gasteiger partial charge in [-0.3, -0.25) is 4.79 Å². The Balaban J connectivity index is 1.76. The van der Waals surface area contributed by atoms with Gasteiger partial charge in [0.15, 0.2) is 5.78 Å². The fourth-order valence-corrected chi connectivity index (χ4v) is 2.37. The summed E-state index contributed by atoms with van der Waals surface area (Å²) in [5.41, 5.74) is 1.99. The molecule has 0 aromatic heterocycles. The molecule has 1 aromatic rings. The minimum Gasteiger partial charge on any atom is -0.381 e. The smallest absolute Gasteiger partial charge is 0.188 e. The molecule has 2 rings (SSSR count). The van der Waals surface area contributed by atoms with Gasteiger partial charge in [0.25, 0.3) is 0 Å². The van der Waals surface area contributed by atoms with Gasteiger partial charge in [-0.2, -0.15) is 0 Å². The van der Waals surface area contributed by atoms with E-state index in [1.807, 2.05) is 24.3 Å². The highest BCUT2D eigenvalue weighted by Crippen LogP contribution is 2.16. The van der Waals surface area contributed by atoms with E-state index in [-0.39, 0.29) is 12.4 Å². The molecule has 110 valence electrons. The zero-order valence-electron chi connectivity index (χ0n) is 12.4. The number of ether oxygens (including phenoxy) is 2. The van der Waals surface area contributed by atoms with Gasteiger partial charge >= 0.3 is 0 Å². The molecule has 0 atom stereocenters. The van der Waals surface area contributed by atoms with Crippen molar-refractivity contribution in [3.8, 4) is 0 Å². The normalized spacial score (nSPS) is 16.6. The van der Waals surface area contributed by atoms with Crippen molar-refractivity contribution in [3.05, 3.63) is 35.4 Å². The van der Waals surface area contributed by atoms with Crippen LogP contribution in [0.1, 0.15) is 48.5 Å².